The van der Waals surface area contributed by atoms with E-state index in [1.54, 1.807) is 42.5 Å². The van der Waals surface area contributed by atoms with Crippen LogP contribution >= 0.6 is 9.12 Å². The number of benzene rings is 2. The number of hydrogen-bond donors (Lipinski definition) is 0. The molecule has 7 heteroatoms. The molecule has 0 aliphatic heterocycles. The maximum atomic E-state index is 13.2. The second-order valence-corrected chi connectivity index (χ2v) is 5.41. The van der Waals surface area contributed by atoms with E-state index in [0.717, 1.165) is 0 Å². The topological polar surface area (TPSA) is 78.9 Å². The molecule has 0 spiro atoms. The largest absolute Gasteiger partial charge is 0.496 e. The first-order chi connectivity index (χ1) is 13.1. The van der Waals surface area contributed by atoms with E-state index in [0.29, 0.717) is 23.5 Å². The summed E-state index contributed by atoms with van der Waals surface area (Å²) in [7, 11) is 4.11. The van der Waals surface area contributed by atoms with Crippen LogP contribution in [0.1, 0.15) is 35.2 Å². The van der Waals surface area contributed by atoms with Gasteiger partial charge in [0.1, 0.15) is 23.0 Å². The van der Waals surface area contributed by atoms with Crippen LogP contribution in [0.25, 0.3) is 0 Å². The summed E-state index contributed by atoms with van der Waals surface area (Å²) in [5, 5.41) is 0. The maximum absolute atomic E-state index is 13.2. The van der Waals surface area contributed by atoms with E-state index < -0.39 is 17.7 Å². The molecular weight excluding hydrogens is 367 g/mol. The van der Waals surface area contributed by atoms with Gasteiger partial charge in [-0.2, -0.15) is 0 Å². The molecule has 0 amide bonds. The van der Waals surface area contributed by atoms with Crippen molar-refractivity contribution in [3.05, 3.63) is 59.7 Å². The number of methoxy groups -OCH3 is 2. The van der Waals surface area contributed by atoms with E-state index in [2.05, 4.69) is 0 Å². The van der Waals surface area contributed by atoms with E-state index in [9.17, 15) is 9.59 Å². The standard InChI is InChI=1S/C20H22O5.H2OP/c1-4-13-25-20(22)17(14-9-6-5-7-10-14)19(21)18-15(23-2)11-8-12-16(18)24-3;1-2/h5-12,17H,4,13H2,1-3H3;2H2/q;+1. The molecule has 2 aromatic carbocycles. The third kappa shape index (κ3) is 5.63. The molecule has 0 saturated heterocycles. The lowest BCUT2D eigenvalue weighted by Gasteiger charge is -2.18. The number of esters is 1. The monoisotopic (exact) mass is 391 g/mol. The molecule has 0 fully saturated rings. The van der Waals surface area contributed by atoms with E-state index >= 15 is 0 Å². The van der Waals surface area contributed by atoms with Crippen molar-refractivity contribution < 1.29 is 28.4 Å². The quantitative estimate of drug-likeness (QED) is 0.295. The zero-order chi connectivity index (χ0) is 20.2. The van der Waals surface area contributed by atoms with Gasteiger partial charge in [-0.15, -0.1) is 0 Å². The zero-order valence-corrected chi connectivity index (χ0v) is 16.8. The minimum atomic E-state index is -1.07. The molecule has 2 atom stereocenters. The number of ether oxygens (including phenoxy) is 3. The van der Waals surface area contributed by atoms with Crippen LogP contribution in [0.5, 0.6) is 11.5 Å². The van der Waals surface area contributed by atoms with Gasteiger partial charge < -0.3 is 14.2 Å². The van der Waals surface area contributed by atoms with Gasteiger partial charge in [-0.05, 0) is 24.1 Å². The average Bonchev–Trinajstić information content (AvgIpc) is 2.73. The number of rotatable bonds is 8. The van der Waals surface area contributed by atoms with Crippen molar-refractivity contribution in [2.24, 2.45) is 0 Å². The molecule has 144 valence electrons. The Kier molecular flexibility index (Phi) is 9.76. The summed E-state index contributed by atoms with van der Waals surface area (Å²) in [4.78, 5) is 25.8. The van der Waals surface area contributed by atoms with Crippen LogP contribution in [0.3, 0.4) is 0 Å². The fraction of sp³-hybridized carbons (Fsp3) is 0.300. The Bertz CT molecular complexity index is 725. The third-order valence-electron chi connectivity index (χ3n) is 3.75. The second-order valence-electron chi connectivity index (χ2n) is 5.41. The maximum Gasteiger partial charge on any atom is 0.321 e. The number of hydrogen-bond acceptors (Lipinski definition) is 6. The molecule has 6 nitrogen and oxygen atoms in total. The fourth-order valence-electron chi connectivity index (χ4n) is 2.56. The molecule has 0 bridgehead atoms. The van der Waals surface area contributed by atoms with Crippen molar-refractivity contribution in [3.63, 3.8) is 0 Å². The average molecular weight is 391 g/mol. The van der Waals surface area contributed by atoms with Gasteiger partial charge in [0.05, 0.1) is 20.8 Å². The molecule has 0 saturated carbocycles. The summed E-state index contributed by atoms with van der Waals surface area (Å²) in [5.41, 5.74) is 0.802. The number of ketones is 1. The minimum Gasteiger partial charge on any atom is -0.496 e. The van der Waals surface area contributed by atoms with Crippen molar-refractivity contribution in [2.75, 3.05) is 20.8 Å². The van der Waals surface area contributed by atoms with Gasteiger partial charge in [-0.1, -0.05) is 47.9 Å². The highest BCUT2D eigenvalue weighted by molar-refractivity contribution is 7.00. The van der Waals surface area contributed by atoms with E-state index in [1.165, 1.54) is 23.3 Å². The lowest BCUT2D eigenvalue weighted by atomic mass is 9.89. The molecule has 2 aromatic rings. The Labute approximate surface area is 161 Å². The molecule has 2 unspecified atom stereocenters. The Morgan fingerprint density at radius 1 is 0.926 bits per heavy atom. The third-order valence-corrected chi connectivity index (χ3v) is 3.75. The highest BCUT2D eigenvalue weighted by Gasteiger charge is 2.34. The summed E-state index contributed by atoms with van der Waals surface area (Å²) >= 11 is 0. The van der Waals surface area contributed by atoms with Gasteiger partial charge in [-0.3, -0.25) is 9.59 Å². The molecule has 0 N–H and O–H groups in total. The smallest absolute Gasteiger partial charge is 0.321 e. The Balaban J connectivity index is 0.00000176. The highest BCUT2D eigenvalue weighted by atomic mass is 31.0. The Hall–Kier alpha value is -2.72. The number of carbonyl (C=O) groups is 2. The Morgan fingerprint density at radius 3 is 1.96 bits per heavy atom. The summed E-state index contributed by atoms with van der Waals surface area (Å²) in [6.45, 7) is 2.16. The number of carbonyl (C=O) groups excluding carboxylic acids is 2. The van der Waals surface area contributed by atoms with Gasteiger partial charge in [0.2, 0.25) is 0 Å². The summed E-state index contributed by atoms with van der Waals surface area (Å²) < 4.78 is 24.0. The summed E-state index contributed by atoms with van der Waals surface area (Å²) in [5.74, 6) is -1.35. The van der Waals surface area contributed by atoms with Crippen LogP contribution in [0.4, 0.5) is 0 Å². The van der Waals surface area contributed by atoms with Crippen LogP contribution in [0, 0.1) is 0 Å². The van der Waals surface area contributed by atoms with Crippen LogP contribution in [0.2, 0.25) is 0 Å². The zero-order valence-electron chi connectivity index (χ0n) is 15.6. The van der Waals surface area contributed by atoms with Crippen molar-refractivity contribution >= 4 is 20.9 Å². The lowest BCUT2D eigenvalue weighted by Crippen LogP contribution is -2.25. The van der Waals surface area contributed by atoms with E-state index in [1.807, 2.05) is 13.0 Å². The van der Waals surface area contributed by atoms with Gasteiger partial charge >= 0.3 is 15.1 Å². The van der Waals surface area contributed by atoms with Crippen LogP contribution in [0.15, 0.2) is 48.5 Å². The fourth-order valence-corrected chi connectivity index (χ4v) is 2.56. The summed E-state index contributed by atoms with van der Waals surface area (Å²) in [6, 6.07) is 13.9. The predicted molar refractivity (Wildman–Crippen MR) is 105 cm³/mol. The van der Waals surface area contributed by atoms with Crippen LogP contribution in [-0.2, 0) is 14.1 Å². The van der Waals surface area contributed by atoms with Crippen molar-refractivity contribution in [2.45, 2.75) is 19.3 Å². The van der Waals surface area contributed by atoms with Gasteiger partial charge in [-0.25, -0.2) is 0 Å². The first-order valence-corrected chi connectivity index (χ1v) is 8.81. The minimum absolute atomic E-state index is 0.231. The molecular formula is C20H24O6P+. The van der Waals surface area contributed by atoms with Crippen LogP contribution < -0.4 is 9.47 Å². The molecule has 0 aliphatic carbocycles. The predicted octanol–water partition coefficient (Wildman–Crippen LogP) is 3.83. The SMILES string of the molecule is CCCOC(=O)C(C(=O)c1c(OC)cccc1OC)c1ccccc1.O=[PH2+]. The number of Topliss-reactive ketones (excluding diaryl/α,β-unsaturated/α-hetero) is 1. The molecule has 2 rings (SSSR count). The summed E-state index contributed by atoms with van der Waals surface area (Å²) in [6.07, 6.45) is 0.680. The first-order valence-electron chi connectivity index (χ1n) is 8.34. The van der Waals surface area contributed by atoms with Gasteiger partial charge in [0.25, 0.3) is 0 Å². The van der Waals surface area contributed by atoms with Gasteiger partial charge in [0.15, 0.2) is 5.78 Å². The van der Waals surface area contributed by atoms with E-state index in [4.69, 9.17) is 18.8 Å². The molecule has 27 heavy (non-hydrogen) atoms. The second kappa shape index (κ2) is 11.8. The molecule has 0 aromatic heterocycles. The highest BCUT2D eigenvalue weighted by Crippen LogP contribution is 2.34. The normalized spacial score (nSPS) is 10.8. The van der Waals surface area contributed by atoms with Gasteiger partial charge in [0, 0.05) is 0 Å². The Morgan fingerprint density at radius 2 is 1.48 bits per heavy atom. The van der Waals surface area contributed by atoms with E-state index in [-0.39, 0.29) is 12.2 Å². The van der Waals surface area contributed by atoms with Crippen molar-refractivity contribution in [1.82, 2.24) is 0 Å². The first kappa shape index (κ1) is 22.3. The molecule has 0 heterocycles. The molecule has 0 aliphatic rings. The molecule has 0 radical (unpaired) electrons. The lowest BCUT2D eigenvalue weighted by molar-refractivity contribution is -0.144. The van der Waals surface area contributed by atoms with Crippen molar-refractivity contribution in [3.8, 4) is 11.5 Å². The van der Waals surface area contributed by atoms with Crippen LogP contribution in [-0.4, -0.2) is 32.6 Å². The van der Waals surface area contributed by atoms with Crippen molar-refractivity contribution in [1.29, 1.82) is 0 Å².